The molecule has 9 heteroatoms. The minimum atomic E-state index is -0.203. The van der Waals surface area contributed by atoms with Gasteiger partial charge in [-0.05, 0) is 46.4 Å². The highest BCUT2D eigenvalue weighted by atomic mass is 16.5. The zero-order valence-corrected chi connectivity index (χ0v) is 16.4. The van der Waals surface area contributed by atoms with Crippen molar-refractivity contribution in [2.45, 2.75) is 39.8 Å². The average molecular weight is 374 g/mol. The number of likely N-dealkylation sites (N-methyl/N-ethyl adjacent to an activating group) is 1. The molecule has 0 aliphatic carbocycles. The summed E-state index contributed by atoms with van der Waals surface area (Å²) in [4.78, 5) is 25.3. The maximum Gasteiger partial charge on any atom is 0.322 e. The van der Waals surface area contributed by atoms with Gasteiger partial charge in [-0.3, -0.25) is 4.90 Å². The summed E-state index contributed by atoms with van der Waals surface area (Å²) in [7, 11) is 1.98. The number of piperazine rings is 1. The highest BCUT2D eigenvalue weighted by Crippen LogP contribution is 2.26. The van der Waals surface area contributed by atoms with E-state index < -0.39 is 0 Å². The summed E-state index contributed by atoms with van der Waals surface area (Å²) in [6.07, 6.45) is 1.68. The van der Waals surface area contributed by atoms with Gasteiger partial charge in [-0.25, -0.2) is 9.78 Å². The highest BCUT2D eigenvalue weighted by molar-refractivity contribution is 5.90. The Morgan fingerprint density at radius 3 is 2.81 bits per heavy atom. The van der Waals surface area contributed by atoms with Crippen LogP contribution in [0.4, 0.5) is 10.5 Å². The van der Waals surface area contributed by atoms with Crippen molar-refractivity contribution < 1.29 is 14.1 Å². The topological polar surface area (TPSA) is 96.6 Å². The lowest BCUT2D eigenvalue weighted by molar-refractivity contribution is 0.0959. The number of pyridine rings is 1. The van der Waals surface area contributed by atoms with E-state index in [1.54, 1.807) is 18.0 Å². The molecule has 0 aromatic carbocycles. The standard InChI is InChI=1S/C18H26N6O3/c1-11(2)26-16-14(8-12(3)9-19-16)21-18(25)24-7-6-23(5)15(10-24)17-20-13(4)22-27-17/h8-9,11,15H,6-7,10H2,1-5H3,(H,21,25). The van der Waals surface area contributed by atoms with Crippen molar-refractivity contribution >= 4 is 11.7 Å². The number of carbonyl (C=O) groups is 1. The van der Waals surface area contributed by atoms with Crippen molar-refractivity contribution in [3.05, 3.63) is 29.5 Å². The Morgan fingerprint density at radius 1 is 1.37 bits per heavy atom. The van der Waals surface area contributed by atoms with Crippen LogP contribution in [0.25, 0.3) is 0 Å². The molecule has 3 heterocycles. The van der Waals surface area contributed by atoms with Crippen LogP contribution in [0.3, 0.4) is 0 Å². The number of nitrogens with one attached hydrogen (secondary N) is 1. The van der Waals surface area contributed by atoms with Crippen LogP contribution in [-0.2, 0) is 0 Å². The lowest BCUT2D eigenvalue weighted by atomic mass is 10.2. The molecule has 1 atom stereocenters. The van der Waals surface area contributed by atoms with Crippen molar-refractivity contribution in [3.8, 4) is 5.88 Å². The minimum absolute atomic E-state index is 0.0374. The fourth-order valence-corrected chi connectivity index (χ4v) is 2.93. The van der Waals surface area contributed by atoms with Crippen LogP contribution in [0, 0.1) is 13.8 Å². The second kappa shape index (κ2) is 7.91. The van der Waals surface area contributed by atoms with Gasteiger partial charge in [0.05, 0.1) is 6.10 Å². The van der Waals surface area contributed by atoms with Gasteiger partial charge in [0.25, 0.3) is 0 Å². The number of anilines is 1. The van der Waals surface area contributed by atoms with E-state index >= 15 is 0 Å². The molecular weight excluding hydrogens is 348 g/mol. The molecule has 0 saturated carbocycles. The number of carbonyl (C=O) groups excluding carboxylic acids is 1. The molecule has 9 nitrogen and oxygen atoms in total. The maximum absolute atomic E-state index is 12.9. The summed E-state index contributed by atoms with van der Waals surface area (Å²) in [6, 6.07) is 1.52. The van der Waals surface area contributed by atoms with Crippen molar-refractivity contribution in [1.29, 1.82) is 0 Å². The maximum atomic E-state index is 12.9. The number of urea groups is 1. The zero-order valence-electron chi connectivity index (χ0n) is 16.4. The lowest BCUT2D eigenvalue weighted by Crippen LogP contribution is -2.50. The van der Waals surface area contributed by atoms with E-state index in [0.29, 0.717) is 42.9 Å². The Morgan fingerprint density at radius 2 is 2.15 bits per heavy atom. The summed E-state index contributed by atoms with van der Waals surface area (Å²) in [5, 5.41) is 6.79. The third kappa shape index (κ3) is 4.54. The molecule has 0 radical (unpaired) electrons. The van der Waals surface area contributed by atoms with E-state index in [1.807, 2.05) is 33.9 Å². The van der Waals surface area contributed by atoms with E-state index in [1.165, 1.54) is 0 Å². The number of aromatic nitrogens is 3. The largest absolute Gasteiger partial charge is 0.473 e. The van der Waals surface area contributed by atoms with Gasteiger partial charge in [0.2, 0.25) is 11.8 Å². The molecule has 1 aliphatic rings. The molecule has 2 amide bonds. The third-order valence-electron chi connectivity index (χ3n) is 4.34. The molecule has 1 fully saturated rings. The van der Waals surface area contributed by atoms with Crippen LogP contribution in [0.15, 0.2) is 16.8 Å². The number of amides is 2. The third-order valence-corrected chi connectivity index (χ3v) is 4.34. The number of rotatable bonds is 4. The van der Waals surface area contributed by atoms with E-state index in [-0.39, 0.29) is 18.2 Å². The fraction of sp³-hybridized carbons (Fsp3) is 0.556. The number of nitrogens with zero attached hydrogens (tertiary/aromatic N) is 5. The molecule has 2 aromatic heterocycles. The van der Waals surface area contributed by atoms with Gasteiger partial charge < -0.3 is 19.5 Å². The van der Waals surface area contributed by atoms with Gasteiger partial charge in [0, 0.05) is 25.8 Å². The molecule has 1 saturated heterocycles. The Hall–Kier alpha value is -2.68. The van der Waals surface area contributed by atoms with Gasteiger partial charge in [-0.2, -0.15) is 4.98 Å². The summed E-state index contributed by atoms with van der Waals surface area (Å²) in [5.74, 6) is 1.52. The Balaban J connectivity index is 1.73. The number of ether oxygens (including phenoxy) is 1. The van der Waals surface area contributed by atoms with Crippen molar-refractivity contribution in [2.75, 3.05) is 32.0 Å². The van der Waals surface area contributed by atoms with Crippen molar-refractivity contribution in [2.24, 2.45) is 0 Å². The Kier molecular flexibility index (Phi) is 5.59. The van der Waals surface area contributed by atoms with E-state index in [4.69, 9.17) is 9.26 Å². The van der Waals surface area contributed by atoms with Gasteiger partial charge in [-0.15, -0.1) is 0 Å². The summed E-state index contributed by atoms with van der Waals surface area (Å²) >= 11 is 0. The fourth-order valence-electron chi connectivity index (χ4n) is 2.93. The SMILES string of the molecule is Cc1cnc(OC(C)C)c(NC(=O)N2CCN(C)C(c3nc(C)no3)C2)c1. The number of hydrogen-bond acceptors (Lipinski definition) is 7. The summed E-state index contributed by atoms with van der Waals surface area (Å²) in [5.41, 5.74) is 1.51. The van der Waals surface area contributed by atoms with Crippen LogP contribution in [0.1, 0.15) is 37.2 Å². The molecule has 27 heavy (non-hydrogen) atoms. The molecule has 0 bridgehead atoms. The highest BCUT2D eigenvalue weighted by Gasteiger charge is 2.32. The first-order valence-electron chi connectivity index (χ1n) is 9.03. The van der Waals surface area contributed by atoms with Gasteiger partial charge >= 0.3 is 6.03 Å². The van der Waals surface area contributed by atoms with E-state index in [0.717, 1.165) is 5.56 Å². The second-order valence-electron chi connectivity index (χ2n) is 7.08. The first-order valence-corrected chi connectivity index (χ1v) is 9.03. The number of aryl methyl sites for hydroxylation is 2. The molecule has 146 valence electrons. The molecule has 2 aromatic rings. The number of hydrogen-bond donors (Lipinski definition) is 1. The van der Waals surface area contributed by atoms with E-state index in [2.05, 4.69) is 25.3 Å². The van der Waals surface area contributed by atoms with Crippen LogP contribution in [-0.4, -0.2) is 63.7 Å². The average Bonchev–Trinajstić information content (AvgIpc) is 3.03. The quantitative estimate of drug-likeness (QED) is 0.877. The Labute approximate surface area is 158 Å². The molecule has 1 unspecified atom stereocenters. The second-order valence-corrected chi connectivity index (χ2v) is 7.08. The predicted molar refractivity (Wildman–Crippen MR) is 99.7 cm³/mol. The van der Waals surface area contributed by atoms with Crippen LogP contribution in [0.5, 0.6) is 5.88 Å². The predicted octanol–water partition coefficient (Wildman–Crippen LogP) is 2.39. The molecular formula is C18H26N6O3. The summed E-state index contributed by atoms with van der Waals surface area (Å²) < 4.78 is 11.0. The molecule has 3 rings (SSSR count). The summed E-state index contributed by atoms with van der Waals surface area (Å²) in [6.45, 7) is 9.32. The first kappa shape index (κ1) is 19.1. The van der Waals surface area contributed by atoms with Crippen LogP contribution < -0.4 is 10.1 Å². The van der Waals surface area contributed by atoms with Gasteiger partial charge in [-0.1, -0.05) is 5.16 Å². The first-order chi connectivity index (χ1) is 12.8. The smallest absolute Gasteiger partial charge is 0.322 e. The zero-order chi connectivity index (χ0) is 19.6. The minimum Gasteiger partial charge on any atom is -0.473 e. The molecule has 0 spiro atoms. The van der Waals surface area contributed by atoms with Crippen molar-refractivity contribution in [1.82, 2.24) is 24.9 Å². The van der Waals surface area contributed by atoms with Crippen molar-refractivity contribution in [3.63, 3.8) is 0 Å². The van der Waals surface area contributed by atoms with Gasteiger partial charge in [0.1, 0.15) is 11.7 Å². The van der Waals surface area contributed by atoms with E-state index in [9.17, 15) is 4.79 Å². The monoisotopic (exact) mass is 374 g/mol. The van der Waals surface area contributed by atoms with Crippen LogP contribution in [0.2, 0.25) is 0 Å². The molecule has 1 N–H and O–H groups in total. The van der Waals surface area contributed by atoms with Crippen LogP contribution >= 0.6 is 0 Å². The lowest BCUT2D eigenvalue weighted by Gasteiger charge is -2.37. The van der Waals surface area contributed by atoms with Gasteiger partial charge in [0.15, 0.2) is 5.82 Å². The molecule has 1 aliphatic heterocycles. The normalized spacial score (nSPS) is 18.0. The Bertz CT molecular complexity index is 806.